The van der Waals surface area contributed by atoms with E-state index in [2.05, 4.69) is 9.97 Å². The lowest BCUT2D eigenvalue weighted by Crippen LogP contribution is -2.12. The zero-order chi connectivity index (χ0) is 12.1. The van der Waals surface area contributed by atoms with Gasteiger partial charge in [0, 0.05) is 37.3 Å². The van der Waals surface area contributed by atoms with Gasteiger partial charge in [0.05, 0.1) is 6.42 Å². The zero-order valence-corrected chi connectivity index (χ0v) is 9.84. The summed E-state index contributed by atoms with van der Waals surface area (Å²) >= 11 is 0. The van der Waals surface area contributed by atoms with E-state index in [-0.39, 0.29) is 5.78 Å². The monoisotopic (exact) mass is 229 g/mol. The molecule has 0 unspecified atom stereocenters. The van der Waals surface area contributed by atoms with Gasteiger partial charge in [-0.3, -0.25) is 9.78 Å². The predicted octanol–water partition coefficient (Wildman–Crippen LogP) is 1.65. The van der Waals surface area contributed by atoms with E-state index in [0.717, 1.165) is 18.1 Å². The summed E-state index contributed by atoms with van der Waals surface area (Å²) in [6.45, 7) is 2.88. The van der Waals surface area contributed by atoms with E-state index in [1.165, 1.54) is 0 Å². The van der Waals surface area contributed by atoms with E-state index in [1.54, 1.807) is 12.4 Å². The predicted molar refractivity (Wildman–Crippen MR) is 64.6 cm³/mol. The van der Waals surface area contributed by atoms with E-state index in [1.807, 2.05) is 35.9 Å². The average Bonchev–Trinajstić information content (AvgIpc) is 2.77. The third-order valence-corrected chi connectivity index (χ3v) is 2.60. The van der Waals surface area contributed by atoms with Crippen molar-refractivity contribution in [3.05, 3.63) is 48.3 Å². The van der Waals surface area contributed by atoms with Crippen LogP contribution in [0.15, 0.2) is 36.8 Å². The van der Waals surface area contributed by atoms with Gasteiger partial charge in [-0.25, -0.2) is 4.98 Å². The maximum Gasteiger partial charge on any atom is 0.146 e. The van der Waals surface area contributed by atoms with Gasteiger partial charge in [0.25, 0.3) is 0 Å². The topological polar surface area (TPSA) is 47.8 Å². The number of carbonyl (C=O) groups excluding carboxylic acids is 1. The van der Waals surface area contributed by atoms with Gasteiger partial charge in [-0.1, -0.05) is 6.07 Å². The number of ketones is 1. The Kier molecular flexibility index (Phi) is 3.65. The summed E-state index contributed by atoms with van der Waals surface area (Å²) in [7, 11) is 0. The highest BCUT2D eigenvalue weighted by Gasteiger charge is 2.09. The first kappa shape index (κ1) is 11.5. The van der Waals surface area contributed by atoms with Gasteiger partial charge in [0.2, 0.25) is 0 Å². The van der Waals surface area contributed by atoms with E-state index >= 15 is 0 Å². The fourth-order valence-electron chi connectivity index (χ4n) is 1.74. The summed E-state index contributed by atoms with van der Waals surface area (Å²) in [6.07, 6.45) is 6.07. The Balaban J connectivity index is 1.98. The fourth-order valence-corrected chi connectivity index (χ4v) is 1.74. The van der Waals surface area contributed by atoms with Gasteiger partial charge < -0.3 is 4.57 Å². The molecule has 0 fully saturated rings. The molecule has 17 heavy (non-hydrogen) atoms. The highest BCUT2D eigenvalue weighted by Crippen LogP contribution is 2.03. The highest BCUT2D eigenvalue weighted by molar-refractivity contribution is 5.82. The second-order valence-electron chi connectivity index (χ2n) is 3.84. The van der Waals surface area contributed by atoms with Crippen LogP contribution in [0.2, 0.25) is 0 Å². The summed E-state index contributed by atoms with van der Waals surface area (Å²) in [4.78, 5) is 20.2. The largest absolute Gasteiger partial charge is 0.335 e. The van der Waals surface area contributed by atoms with Crippen molar-refractivity contribution in [1.29, 1.82) is 0 Å². The molecule has 0 bridgehead atoms. The Morgan fingerprint density at radius 2 is 2.12 bits per heavy atom. The number of pyridine rings is 1. The van der Waals surface area contributed by atoms with Crippen molar-refractivity contribution in [2.24, 2.45) is 0 Å². The summed E-state index contributed by atoms with van der Waals surface area (Å²) in [5, 5.41) is 0. The van der Waals surface area contributed by atoms with Crippen LogP contribution in [0.3, 0.4) is 0 Å². The molecule has 0 atom stereocenters. The summed E-state index contributed by atoms with van der Waals surface area (Å²) in [5.41, 5.74) is 0.812. The molecule has 2 rings (SSSR count). The van der Waals surface area contributed by atoms with Crippen LogP contribution in [0.5, 0.6) is 0 Å². The maximum atomic E-state index is 11.9. The van der Waals surface area contributed by atoms with Crippen molar-refractivity contribution in [3.63, 3.8) is 0 Å². The lowest BCUT2D eigenvalue weighted by molar-refractivity contribution is -0.118. The second kappa shape index (κ2) is 5.39. The van der Waals surface area contributed by atoms with Gasteiger partial charge in [0.1, 0.15) is 11.6 Å². The minimum absolute atomic E-state index is 0.143. The number of aromatic nitrogens is 3. The molecule has 0 saturated carbocycles. The van der Waals surface area contributed by atoms with Crippen LogP contribution < -0.4 is 0 Å². The number of hydrogen-bond donors (Lipinski definition) is 0. The smallest absolute Gasteiger partial charge is 0.146 e. The Bertz CT molecular complexity index is 490. The minimum atomic E-state index is 0.143. The molecule has 0 aromatic carbocycles. The Morgan fingerprint density at radius 1 is 1.24 bits per heavy atom. The number of rotatable bonds is 5. The van der Waals surface area contributed by atoms with Crippen molar-refractivity contribution in [1.82, 2.24) is 14.5 Å². The number of hydrogen-bond acceptors (Lipinski definition) is 3. The number of aryl methyl sites for hydroxylation is 1. The molecule has 0 N–H and O–H groups in total. The van der Waals surface area contributed by atoms with E-state index in [9.17, 15) is 4.79 Å². The molecule has 0 saturated heterocycles. The maximum absolute atomic E-state index is 11.9. The SMILES string of the molecule is CCn1ccnc1CC(=O)Cc1ccccn1. The molecule has 2 aromatic heterocycles. The number of Topliss-reactive ketones (excluding diaryl/α,β-unsaturated/α-hetero) is 1. The van der Waals surface area contributed by atoms with Crippen LogP contribution in [0.25, 0.3) is 0 Å². The van der Waals surface area contributed by atoms with Crippen molar-refractivity contribution in [2.75, 3.05) is 0 Å². The first-order valence-electron chi connectivity index (χ1n) is 5.71. The summed E-state index contributed by atoms with van der Waals surface area (Å²) < 4.78 is 1.98. The van der Waals surface area contributed by atoms with E-state index in [0.29, 0.717) is 12.8 Å². The molecule has 0 spiro atoms. The third-order valence-electron chi connectivity index (χ3n) is 2.60. The number of carbonyl (C=O) groups is 1. The van der Waals surface area contributed by atoms with Gasteiger partial charge in [-0.05, 0) is 19.1 Å². The van der Waals surface area contributed by atoms with Crippen LogP contribution in [-0.4, -0.2) is 20.3 Å². The molecule has 88 valence electrons. The molecule has 2 aromatic rings. The summed E-state index contributed by atoms with van der Waals surface area (Å²) in [5.74, 6) is 0.970. The first-order valence-corrected chi connectivity index (χ1v) is 5.71. The van der Waals surface area contributed by atoms with Crippen molar-refractivity contribution >= 4 is 5.78 Å². The second-order valence-corrected chi connectivity index (χ2v) is 3.84. The zero-order valence-electron chi connectivity index (χ0n) is 9.84. The van der Waals surface area contributed by atoms with Crippen LogP contribution in [-0.2, 0) is 24.2 Å². The van der Waals surface area contributed by atoms with Crippen molar-refractivity contribution in [2.45, 2.75) is 26.3 Å². The third kappa shape index (κ3) is 3.00. The normalized spacial score (nSPS) is 10.4. The Hall–Kier alpha value is -1.97. The molecule has 0 amide bonds. The van der Waals surface area contributed by atoms with Gasteiger partial charge in [-0.15, -0.1) is 0 Å². The molecular weight excluding hydrogens is 214 g/mol. The van der Waals surface area contributed by atoms with Crippen molar-refractivity contribution < 1.29 is 4.79 Å². The lowest BCUT2D eigenvalue weighted by atomic mass is 10.1. The molecule has 4 nitrogen and oxygen atoms in total. The molecule has 0 aliphatic heterocycles. The molecular formula is C13H15N3O. The number of imidazole rings is 1. The minimum Gasteiger partial charge on any atom is -0.335 e. The van der Waals surface area contributed by atoms with Gasteiger partial charge in [-0.2, -0.15) is 0 Å². The Morgan fingerprint density at radius 3 is 2.82 bits per heavy atom. The van der Waals surface area contributed by atoms with Crippen LogP contribution in [0.4, 0.5) is 0 Å². The van der Waals surface area contributed by atoms with Crippen LogP contribution >= 0.6 is 0 Å². The molecule has 2 heterocycles. The van der Waals surface area contributed by atoms with Crippen LogP contribution in [0.1, 0.15) is 18.4 Å². The molecule has 4 heteroatoms. The number of nitrogens with zero attached hydrogens (tertiary/aromatic N) is 3. The van der Waals surface area contributed by atoms with E-state index in [4.69, 9.17) is 0 Å². The van der Waals surface area contributed by atoms with Gasteiger partial charge in [0.15, 0.2) is 0 Å². The standard InChI is InChI=1S/C13H15N3O/c1-2-16-8-7-15-13(16)10-12(17)9-11-5-3-4-6-14-11/h3-8H,2,9-10H2,1H3. The van der Waals surface area contributed by atoms with Crippen LogP contribution in [0, 0.1) is 0 Å². The Labute approximate surface area is 100 Å². The molecule has 0 aliphatic carbocycles. The average molecular weight is 229 g/mol. The summed E-state index contributed by atoms with van der Waals surface area (Å²) in [6, 6.07) is 5.60. The molecule has 0 radical (unpaired) electrons. The van der Waals surface area contributed by atoms with Crippen molar-refractivity contribution in [3.8, 4) is 0 Å². The first-order chi connectivity index (χ1) is 8.29. The fraction of sp³-hybridized carbons (Fsp3) is 0.308. The van der Waals surface area contributed by atoms with E-state index < -0.39 is 0 Å². The highest BCUT2D eigenvalue weighted by atomic mass is 16.1. The molecule has 0 aliphatic rings. The lowest BCUT2D eigenvalue weighted by Gasteiger charge is -2.03. The quantitative estimate of drug-likeness (QED) is 0.783. The van der Waals surface area contributed by atoms with Gasteiger partial charge >= 0.3 is 0 Å².